The lowest BCUT2D eigenvalue weighted by Gasteiger charge is -2.32. The van der Waals surface area contributed by atoms with E-state index in [9.17, 15) is 10.1 Å². The number of carbonyl (C=O) groups excluding carboxylic acids is 1. The molecule has 0 saturated carbocycles. The van der Waals surface area contributed by atoms with Crippen LogP contribution in [-0.4, -0.2) is 55.5 Å². The maximum atomic E-state index is 12.3. The number of benzene rings is 1. The summed E-state index contributed by atoms with van der Waals surface area (Å²) in [6, 6.07) is 9.64. The molecule has 0 atom stereocenters. The summed E-state index contributed by atoms with van der Waals surface area (Å²) in [5.41, 5.74) is 1.19. The summed E-state index contributed by atoms with van der Waals surface area (Å²) in [7, 11) is 2.03. The fraction of sp³-hybridized carbons (Fsp3) is 0.412. The first-order valence-electron chi connectivity index (χ1n) is 7.66. The molecule has 0 unspecified atom stereocenters. The first kappa shape index (κ1) is 17.3. The summed E-state index contributed by atoms with van der Waals surface area (Å²) in [5.74, 6) is -0.203. The molecule has 0 radical (unpaired) electrons. The molecule has 2 rings (SSSR count). The Morgan fingerprint density at radius 2 is 2.04 bits per heavy atom. The molecule has 0 spiro atoms. The van der Waals surface area contributed by atoms with Gasteiger partial charge in [0.1, 0.15) is 11.6 Å². The van der Waals surface area contributed by atoms with Gasteiger partial charge in [-0.15, -0.1) is 0 Å². The van der Waals surface area contributed by atoms with Crippen molar-refractivity contribution in [2.75, 3.05) is 39.8 Å². The molecule has 1 aromatic rings. The van der Waals surface area contributed by atoms with Gasteiger partial charge >= 0.3 is 0 Å². The van der Waals surface area contributed by atoms with Gasteiger partial charge in [0.05, 0.1) is 0 Å². The molecule has 1 saturated heterocycles. The minimum atomic E-state index is -0.203. The molecule has 1 amide bonds. The smallest absolute Gasteiger partial charge is 0.266 e. The van der Waals surface area contributed by atoms with Crippen LogP contribution in [-0.2, 0) is 11.2 Å². The van der Waals surface area contributed by atoms with Crippen molar-refractivity contribution in [2.45, 2.75) is 6.42 Å². The predicted molar refractivity (Wildman–Crippen MR) is 90.9 cm³/mol. The van der Waals surface area contributed by atoms with Crippen LogP contribution in [0.2, 0.25) is 5.02 Å². The topological polar surface area (TPSA) is 59.4 Å². The van der Waals surface area contributed by atoms with E-state index in [1.54, 1.807) is 4.90 Å². The third-order valence-electron chi connectivity index (χ3n) is 3.88. The normalized spacial score (nSPS) is 16.0. The zero-order valence-corrected chi connectivity index (χ0v) is 14.0. The Hall–Kier alpha value is -2.03. The molecular weight excluding hydrogens is 312 g/mol. The van der Waals surface area contributed by atoms with Crippen molar-refractivity contribution in [3.63, 3.8) is 0 Å². The molecule has 0 aromatic heterocycles. The van der Waals surface area contributed by atoms with Gasteiger partial charge in [-0.05, 0) is 25.1 Å². The average molecular weight is 333 g/mol. The van der Waals surface area contributed by atoms with Gasteiger partial charge in [0.2, 0.25) is 0 Å². The number of likely N-dealkylation sites (N-methyl/N-ethyl adjacent to an activating group) is 1. The van der Waals surface area contributed by atoms with Gasteiger partial charge in [-0.3, -0.25) is 4.79 Å². The molecule has 1 aliphatic heterocycles. The molecule has 122 valence electrons. The number of amides is 1. The van der Waals surface area contributed by atoms with Crippen molar-refractivity contribution in [3.8, 4) is 6.07 Å². The Balaban J connectivity index is 1.85. The van der Waals surface area contributed by atoms with Crippen molar-refractivity contribution < 1.29 is 4.79 Å². The molecule has 1 N–H and O–H groups in total. The van der Waals surface area contributed by atoms with Crippen molar-refractivity contribution in [3.05, 3.63) is 46.6 Å². The number of hydrogen-bond donors (Lipinski definition) is 1. The standard InChI is InChI=1S/C17H21ClN4O/c1-21-8-10-22(11-9-21)17(23)15(12-19)13-20-7-6-14-4-2-3-5-16(14)18/h2-5,13,20H,6-11H2,1H3/b15-13-. The van der Waals surface area contributed by atoms with Crippen molar-refractivity contribution in [1.82, 2.24) is 15.1 Å². The summed E-state index contributed by atoms with van der Waals surface area (Å²) >= 11 is 6.10. The number of nitriles is 1. The lowest BCUT2D eigenvalue weighted by molar-refractivity contribution is -0.128. The lowest BCUT2D eigenvalue weighted by atomic mass is 10.1. The fourth-order valence-electron chi connectivity index (χ4n) is 2.40. The SMILES string of the molecule is CN1CCN(C(=O)/C(C#N)=C\NCCc2ccccc2Cl)CC1. The monoisotopic (exact) mass is 332 g/mol. The Morgan fingerprint density at radius 3 is 2.70 bits per heavy atom. The molecule has 1 aliphatic rings. The van der Waals surface area contributed by atoms with E-state index >= 15 is 0 Å². The highest BCUT2D eigenvalue weighted by Crippen LogP contribution is 2.14. The molecule has 0 aliphatic carbocycles. The van der Waals surface area contributed by atoms with Crippen LogP contribution in [0.5, 0.6) is 0 Å². The van der Waals surface area contributed by atoms with Gasteiger partial charge in [0, 0.05) is 43.9 Å². The van der Waals surface area contributed by atoms with Crippen molar-refractivity contribution in [1.29, 1.82) is 5.26 Å². The number of carbonyl (C=O) groups is 1. The molecule has 0 bridgehead atoms. The van der Waals surface area contributed by atoms with E-state index in [0.717, 1.165) is 30.1 Å². The Labute approximate surface area is 142 Å². The van der Waals surface area contributed by atoms with E-state index in [-0.39, 0.29) is 11.5 Å². The van der Waals surface area contributed by atoms with Gasteiger partial charge in [-0.1, -0.05) is 29.8 Å². The summed E-state index contributed by atoms with van der Waals surface area (Å²) < 4.78 is 0. The number of rotatable bonds is 5. The predicted octanol–water partition coefficient (Wildman–Crippen LogP) is 1.65. The van der Waals surface area contributed by atoms with E-state index in [0.29, 0.717) is 19.6 Å². The zero-order valence-electron chi connectivity index (χ0n) is 13.3. The average Bonchev–Trinajstić information content (AvgIpc) is 2.56. The molecular formula is C17H21ClN4O. The summed E-state index contributed by atoms with van der Waals surface area (Å²) in [4.78, 5) is 16.2. The van der Waals surface area contributed by atoms with Gasteiger partial charge < -0.3 is 15.1 Å². The van der Waals surface area contributed by atoms with Crippen molar-refractivity contribution >= 4 is 17.5 Å². The minimum absolute atomic E-state index is 0.147. The molecule has 23 heavy (non-hydrogen) atoms. The second kappa shape index (κ2) is 8.56. The molecule has 1 aromatic carbocycles. The largest absolute Gasteiger partial charge is 0.389 e. The minimum Gasteiger partial charge on any atom is -0.389 e. The van der Waals surface area contributed by atoms with E-state index in [1.165, 1.54) is 6.20 Å². The van der Waals surface area contributed by atoms with E-state index in [4.69, 9.17) is 11.6 Å². The maximum Gasteiger partial charge on any atom is 0.266 e. The second-order valence-electron chi connectivity index (χ2n) is 5.56. The van der Waals surface area contributed by atoms with Crippen LogP contribution in [0.3, 0.4) is 0 Å². The highest BCUT2D eigenvalue weighted by Gasteiger charge is 2.21. The Kier molecular flexibility index (Phi) is 6.45. The van der Waals surface area contributed by atoms with Crippen LogP contribution < -0.4 is 5.32 Å². The zero-order chi connectivity index (χ0) is 16.7. The van der Waals surface area contributed by atoms with Crippen molar-refractivity contribution in [2.24, 2.45) is 0 Å². The fourth-order valence-corrected chi connectivity index (χ4v) is 2.63. The third kappa shape index (κ3) is 4.98. The first-order valence-corrected chi connectivity index (χ1v) is 8.04. The number of nitrogens with zero attached hydrogens (tertiary/aromatic N) is 3. The van der Waals surface area contributed by atoms with Gasteiger partial charge in [0.25, 0.3) is 5.91 Å². The number of nitrogens with one attached hydrogen (secondary N) is 1. The van der Waals surface area contributed by atoms with Crippen LogP contribution in [0.25, 0.3) is 0 Å². The van der Waals surface area contributed by atoms with Crippen LogP contribution in [0, 0.1) is 11.3 Å². The lowest BCUT2D eigenvalue weighted by Crippen LogP contribution is -2.47. The third-order valence-corrected chi connectivity index (χ3v) is 4.25. The maximum absolute atomic E-state index is 12.3. The highest BCUT2D eigenvalue weighted by atomic mass is 35.5. The number of hydrogen-bond acceptors (Lipinski definition) is 4. The van der Waals surface area contributed by atoms with Gasteiger partial charge in [0.15, 0.2) is 0 Å². The summed E-state index contributed by atoms with van der Waals surface area (Å²) in [5, 5.41) is 13.0. The molecule has 5 nitrogen and oxygen atoms in total. The molecule has 1 fully saturated rings. The number of halogens is 1. The molecule has 6 heteroatoms. The van der Waals surface area contributed by atoms with Crippen LogP contribution in [0.1, 0.15) is 5.56 Å². The Morgan fingerprint density at radius 1 is 1.35 bits per heavy atom. The summed E-state index contributed by atoms with van der Waals surface area (Å²) in [6.45, 7) is 3.61. The first-order chi connectivity index (χ1) is 11.1. The van der Waals surface area contributed by atoms with Crippen LogP contribution in [0.4, 0.5) is 0 Å². The van der Waals surface area contributed by atoms with Gasteiger partial charge in [-0.2, -0.15) is 5.26 Å². The highest BCUT2D eigenvalue weighted by molar-refractivity contribution is 6.31. The van der Waals surface area contributed by atoms with E-state index in [2.05, 4.69) is 10.2 Å². The Bertz CT molecular complexity index is 615. The molecule has 1 heterocycles. The van der Waals surface area contributed by atoms with E-state index < -0.39 is 0 Å². The number of piperazine rings is 1. The van der Waals surface area contributed by atoms with Gasteiger partial charge in [-0.25, -0.2) is 0 Å². The quantitative estimate of drug-likeness (QED) is 0.506. The summed E-state index contributed by atoms with van der Waals surface area (Å²) in [6.07, 6.45) is 2.25. The van der Waals surface area contributed by atoms with Crippen LogP contribution >= 0.6 is 11.6 Å². The second-order valence-corrected chi connectivity index (χ2v) is 5.97. The van der Waals surface area contributed by atoms with E-state index in [1.807, 2.05) is 37.4 Å². The van der Waals surface area contributed by atoms with Crippen LogP contribution in [0.15, 0.2) is 36.0 Å².